The van der Waals surface area contributed by atoms with Crippen LogP contribution in [-0.4, -0.2) is 23.0 Å². The Hall–Kier alpha value is -2.77. The van der Waals surface area contributed by atoms with E-state index in [0.29, 0.717) is 0 Å². The summed E-state index contributed by atoms with van der Waals surface area (Å²) in [4.78, 5) is 26.2. The summed E-state index contributed by atoms with van der Waals surface area (Å²) in [6, 6.07) is 7.04. The molecule has 1 atom stereocenters. The number of hydrogen-bond donors (Lipinski definition) is 2. The van der Waals surface area contributed by atoms with Gasteiger partial charge in [-0.25, -0.2) is 4.79 Å². The molecule has 0 aliphatic heterocycles. The Morgan fingerprint density at radius 2 is 1.83 bits per heavy atom. The molecule has 2 aromatic rings. The van der Waals surface area contributed by atoms with E-state index in [1.807, 2.05) is 0 Å². The Balaban J connectivity index is 1.94. The number of anilines is 1. The van der Waals surface area contributed by atoms with Gasteiger partial charge in [-0.15, -0.1) is 0 Å². The summed E-state index contributed by atoms with van der Waals surface area (Å²) in [7, 11) is 0. The van der Waals surface area contributed by atoms with Crippen LogP contribution in [0.15, 0.2) is 42.6 Å². The summed E-state index contributed by atoms with van der Waals surface area (Å²) in [5, 5.41) is 2.38. The first-order valence-electron chi connectivity index (χ1n) is 6.60. The highest BCUT2D eigenvalue weighted by Gasteiger charge is 2.30. The van der Waals surface area contributed by atoms with Crippen molar-refractivity contribution >= 4 is 17.6 Å². The predicted molar refractivity (Wildman–Crippen MR) is 75.7 cm³/mol. The van der Waals surface area contributed by atoms with E-state index in [1.165, 1.54) is 19.2 Å². The molecule has 0 aliphatic rings. The van der Waals surface area contributed by atoms with Gasteiger partial charge in [-0.1, -0.05) is 0 Å². The third kappa shape index (κ3) is 4.35. The lowest BCUT2D eigenvalue weighted by atomic mass is 10.2. The minimum Gasteiger partial charge on any atom is -0.448 e. The molecule has 23 heavy (non-hydrogen) atoms. The van der Waals surface area contributed by atoms with E-state index in [4.69, 9.17) is 4.74 Å². The van der Waals surface area contributed by atoms with Crippen LogP contribution in [0.25, 0.3) is 0 Å². The zero-order chi connectivity index (χ0) is 17.0. The third-order valence-corrected chi connectivity index (χ3v) is 2.95. The fourth-order valence-electron chi connectivity index (χ4n) is 1.72. The lowest BCUT2D eigenvalue weighted by Crippen LogP contribution is -2.30. The van der Waals surface area contributed by atoms with Crippen molar-refractivity contribution in [2.24, 2.45) is 0 Å². The second kappa shape index (κ2) is 6.55. The summed E-state index contributed by atoms with van der Waals surface area (Å²) < 4.78 is 42.3. The first-order chi connectivity index (χ1) is 10.8. The van der Waals surface area contributed by atoms with Gasteiger partial charge in [0.2, 0.25) is 0 Å². The Kier molecular flexibility index (Phi) is 4.73. The van der Waals surface area contributed by atoms with Crippen molar-refractivity contribution in [1.82, 2.24) is 4.98 Å². The van der Waals surface area contributed by atoms with Gasteiger partial charge >= 0.3 is 12.1 Å². The Bertz CT molecular complexity index is 679. The van der Waals surface area contributed by atoms with Crippen LogP contribution in [0.1, 0.15) is 23.0 Å². The highest BCUT2D eigenvalue weighted by molar-refractivity contribution is 5.96. The average molecular weight is 326 g/mol. The van der Waals surface area contributed by atoms with Crippen molar-refractivity contribution in [3.63, 3.8) is 0 Å². The van der Waals surface area contributed by atoms with E-state index in [9.17, 15) is 22.8 Å². The van der Waals surface area contributed by atoms with Crippen molar-refractivity contribution < 1.29 is 27.5 Å². The largest absolute Gasteiger partial charge is 0.448 e. The number of hydrogen-bond acceptors (Lipinski definition) is 3. The predicted octanol–water partition coefficient (Wildman–Crippen LogP) is 3.22. The Labute approximate surface area is 129 Å². The molecule has 1 heterocycles. The van der Waals surface area contributed by atoms with Gasteiger partial charge in [-0.05, 0) is 43.3 Å². The van der Waals surface area contributed by atoms with Crippen molar-refractivity contribution in [1.29, 1.82) is 0 Å². The molecule has 0 spiro atoms. The zero-order valence-electron chi connectivity index (χ0n) is 12.0. The minimum absolute atomic E-state index is 0.172. The Morgan fingerprint density at radius 3 is 2.35 bits per heavy atom. The molecule has 0 saturated carbocycles. The first kappa shape index (κ1) is 16.6. The number of alkyl halides is 3. The quantitative estimate of drug-likeness (QED) is 0.848. The van der Waals surface area contributed by atoms with Crippen molar-refractivity contribution in [3.8, 4) is 0 Å². The number of amides is 1. The van der Waals surface area contributed by atoms with Crippen LogP contribution in [0.5, 0.6) is 0 Å². The fraction of sp³-hybridized carbons (Fsp3) is 0.200. The number of carbonyl (C=O) groups is 2. The van der Waals surface area contributed by atoms with Gasteiger partial charge in [-0.3, -0.25) is 4.79 Å². The molecule has 0 saturated heterocycles. The first-order valence-corrected chi connectivity index (χ1v) is 6.60. The van der Waals surface area contributed by atoms with Crippen LogP contribution in [0, 0.1) is 0 Å². The number of ether oxygens (including phenoxy) is 1. The van der Waals surface area contributed by atoms with Gasteiger partial charge in [0.1, 0.15) is 5.69 Å². The van der Waals surface area contributed by atoms with Gasteiger partial charge in [0.05, 0.1) is 5.56 Å². The molecule has 2 rings (SSSR count). The fourth-order valence-corrected chi connectivity index (χ4v) is 1.72. The minimum atomic E-state index is -4.44. The molecule has 0 aliphatic carbocycles. The highest BCUT2D eigenvalue weighted by atomic mass is 19.4. The molecule has 1 amide bonds. The van der Waals surface area contributed by atoms with E-state index in [2.05, 4.69) is 10.3 Å². The second-order valence-electron chi connectivity index (χ2n) is 4.70. The van der Waals surface area contributed by atoms with Crippen LogP contribution >= 0.6 is 0 Å². The zero-order valence-corrected chi connectivity index (χ0v) is 12.0. The molecule has 0 bridgehead atoms. The number of esters is 1. The van der Waals surface area contributed by atoms with Gasteiger partial charge in [0, 0.05) is 11.9 Å². The van der Waals surface area contributed by atoms with Crippen LogP contribution in [0.2, 0.25) is 0 Å². The van der Waals surface area contributed by atoms with Crippen LogP contribution in [0.3, 0.4) is 0 Å². The van der Waals surface area contributed by atoms with E-state index < -0.39 is 29.7 Å². The molecule has 5 nitrogen and oxygen atoms in total. The van der Waals surface area contributed by atoms with Gasteiger partial charge in [0.25, 0.3) is 5.91 Å². The highest BCUT2D eigenvalue weighted by Crippen LogP contribution is 2.29. The molecule has 1 aromatic carbocycles. The maximum Gasteiger partial charge on any atom is 0.416 e. The maximum absolute atomic E-state index is 12.4. The van der Waals surface area contributed by atoms with E-state index in [0.717, 1.165) is 24.3 Å². The molecule has 8 heteroatoms. The number of aromatic amines is 1. The number of benzene rings is 1. The smallest absolute Gasteiger partial charge is 0.416 e. The van der Waals surface area contributed by atoms with Gasteiger partial charge in [0.15, 0.2) is 6.10 Å². The molecule has 2 N–H and O–H groups in total. The van der Waals surface area contributed by atoms with Crippen LogP contribution < -0.4 is 5.32 Å². The molecule has 122 valence electrons. The van der Waals surface area contributed by atoms with E-state index >= 15 is 0 Å². The Morgan fingerprint density at radius 1 is 1.17 bits per heavy atom. The summed E-state index contributed by atoms with van der Waals surface area (Å²) in [5.41, 5.74) is -0.452. The number of rotatable bonds is 4. The topological polar surface area (TPSA) is 71.2 Å². The maximum atomic E-state index is 12.4. The summed E-state index contributed by atoms with van der Waals surface area (Å²) in [6.45, 7) is 1.36. The number of nitrogens with one attached hydrogen (secondary N) is 2. The number of carbonyl (C=O) groups excluding carboxylic acids is 2. The lowest BCUT2D eigenvalue weighted by molar-refractivity contribution is -0.137. The van der Waals surface area contributed by atoms with E-state index in [1.54, 1.807) is 6.07 Å². The number of halogens is 3. The third-order valence-electron chi connectivity index (χ3n) is 2.95. The van der Waals surface area contributed by atoms with Gasteiger partial charge in [-0.2, -0.15) is 13.2 Å². The van der Waals surface area contributed by atoms with Gasteiger partial charge < -0.3 is 15.0 Å². The summed E-state index contributed by atoms with van der Waals surface area (Å²) >= 11 is 0. The SMILES string of the molecule is C[C@H](OC(=O)c1ccc[nH]1)C(=O)Nc1ccc(C(F)(F)F)cc1. The van der Waals surface area contributed by atoms with E-state index in [-0.39, 0.29) is 11.4 Å². The molecule has 0 radical (unpaired) electrons. The molecular formula is C15H13F3N2O3. The standard InChI is InChI=1S/C15H13F3N2O3/c1-9(23-14(22)12-3-2-8-19-12)13(21)20-11-6-4-10(5-7-11)15(16,17)18/h2-9,19H,1H3,(H,20,21)/t9-/m0/s1. The lowest BCUT2D eigenvalue weighted by Gasteiger charge is -2.13. The summed E-state index contributed by atoms with van der Waals surface area (Å²) in [6.07, 6.45) is -4.02. The number of aromatic nitrogens is 1. The second-order valence-corrected chi connectivity index (χ2v) is 4.70. The van der Waals surface area contributed by atoms with Crippen molar-refractivity contribution in [2.75, 3.05) is 5.32 Å². The molecule has 0 fully saturated rings. The summed E-state index contributed by atoms with van der Waals surface area (Å²) in [5.74, 6) is -1.35. The molecular weight excluding hydrogens is 313 g/mol. The van der Waals surface area contributed by atoms with Crippen molar-refractivity contribution in [3.05, 3.63) is 53.9 Å². The average Bonchev–Trinajstić information content (AvgIpc) is 3.01. The molecule has 0 unspecified atom stereocenters. The molecule has 1 aromatic heterocycles. The monoisotopic (exact) mass is 326 g/mol. The number of H-pyrrole nitrogens is 1. The van der Waals surface area contributed by atoms with Crippen LogP contribution in [-0.2, 0) is 15.7 Å². The normalized spacial score (nSPS) is 12.5. The van der Waals surface area contributed by atoms with Crippen LogP contribution in [0.4, 0.5) is 18.9 Å². The van der Waals surface area contributed by atoms with Crippen molar-refractivity contribution in [2.45, 2.75) is 19.2 Å².